The molecule has 0 bridgehead atoms. The van der Waals surface area contributed by atoms with Crippen molar-refractivity contribution in [2.45, 2.75) is 26.7 Å². The fraction of sp³-hybridized carbons (Fsp3) is 0.385. The van der Waals surface area contributed by atoms with Gasteiger partial charge in [-0.3, -0.25) is 0 Å². The molecular formula is C13H17NO5. The van der Waals surface area contributed by atoms with Crippen molar-refractivity contribution in [2.24, 2.45) is 0 Å². The first kappa shape index (κ1) is 14.8. The monoisotopic (exact) mass is 267 g/mol. The highest BCUT2D eigenvalue weighted by Gasteiger charge is 2.29. The standard InChI is InChI=1S/C13H17NO5/c1-4-6-7(5-2)11(15)9(13(18)19)8(12(16)17)10(6)14-3/h14-15H,4-5H2,1-3H3,(H,16,17)(H,18,19). The van der Waals surface area contributed by atoms with Gasteiger partial charge >= 0.3 is 11.9 Å². The van der Waals surface area contributed by atoms with Crippen LogP contribution in [0.4, 0.5) is 5.69 Å². The summed E-state index contributed by atoms with van der Waals surface area (Å²) in [6.45, 7) is 3.60. The number of hydrogen-bond acceptors (Lipinski definition) is 4. The molecule has 19 heavy (non-hydrogen) atoms. The van der Waals surface area contributed by atoms with E-state index in [1.54, 1.807) is 6.92 Å². The van der Waals surface area contributed by atoms with Crippen molar-refractivity contribution in [2.75, 3.05) is 12.4 Å². The van der Waals surface area contributed by atoms with Crippen LogP contribution in [-0.2, 0) is 12.8 Å². The molecule has 0 saturated carbocycles. The van der Waals surface area contributed by atoms with Crippen LogP contribution in [0.3, 0.4) is 0 Å². The van der Waals surface area contributed by atoms with Gasteiger partial charge in [0.15, 0.2) is 0 Å². The molecule has 0 fully saturated rings. The molecule has 0 aliphatic heterocycles. The van der Waals surface area contributed by atoms with Gasteiger partial charge in [0.1, 0.15) is 16.9 Å². The SMILES string of the molecule is CCc1c(O)c(C(=O)O)c(C(=O)O)c(NC)c1CC. The van der Waals surface area contributed by atoms with E-state index in [1.807, 2.05) is 6.92 Å². The molecule has 0 atom stereocenters. The van der Waals surface area contributed by atoms with E-state index in [2.05, 4.69) is 5.32 Å². The number of anilines is 1. The molecule has 0 heterocycles. The Hall–Kier alpha value is -2.24. The van der Waals surface area contributed by atoms with Gasteiger partial charge in [0.2, 0.25) is 0 Å². The zero-order valence-corrected chi connectivity index (χ0v) is 11.1. The summed E-state index contributed by atoms with van der Waals surface area (Å²) in [4.78, 5) is 22.5. The van der Waals surface area contributed by atoms with Gasteiger partial charge in [-0.2, -0.15) is 0 Å². The lowest BCUT2D eigenvalue weighted by atomic mass is 9.91. The summed E-state index contributed by atoms with van der Waals surface area (Å²) < 4.78 is 0. The molecule has 0 aliphatic rings. The van der Waals surface area contributed by atoms with Gasteiger partial charge in [-0.05, 0) is 24.0 Å². The summed E-state index contributed by atoms with van der Waals surface area (Å²) in [6, 6.07) is 0. The highest BCUT2D eigenvalue weighted by Crippen LogP contribution is 2.37. The lowest BCUT2D eigenvalue weighted by Crippen LogP contribution is -2.15. The van der Waals surface area contributed by atoms with E-state index in [0.717, 1.165) is 0 Å². The number of aromatic carboxylic acids is 2. The summed E-state index contributed by atoms with van der Waals surface area (Å²) in [5.41, 5.74) is 0.383. The number of phenols is 1. The second-order valence-electron chi connectivity index (χ2n) is 4.00. The normalized spacial score (nSPS) is 10.3. The van der Waals surface area contributed by atoms with Crippen LogP contribution in [-0.4, -0.2) is 34.3 Å². The highest BCUT2D eigenvalue weighted by atomic mass is 16.4. The quantitative estimate of drug-likeness (QED) is 0.607. The molecule has 0 aliphatic carbocycles. The molecule has 6 heteroatoms. The Morgan fingerprint density at radius 2 is 1.47 bits per heavy atom. The molecule has 1 rings (SSSR count). The Labute approximate surface area is 110 Å². The molecule has 6 nitrogen and oxygen atoms in total. The molecule has 0 amide bonds. The van der Waals surface area contributed by atoms with Crippen molar-refractivity contribution >= 4 is 17.6 Å². The first-order chi connectivity index (χ1) is 8.90. The molecule has 1 aromatic rings. The van der Waals surface area contributed by atoms with Gasteiger partial charge in [-0.15, -0.1) is 0 Å². The number of rotatable bonds is 5. The van der Waals surface area contributed by atoms with E-state index in [-0.39, 0.29) is 5.69 Å². The lowest BCUT2D eigenvalue weighted by Gasteiger charge is -2.19. The maximum Gasteiger partial charge on any atom is 0.340 e. The first-order valence-electron chi connectivity index (χ1n) is 5.95. The third kappa shape index (κ3) is 2.33. The van der Waals surface area contributed by atoms with Gasteiger partial charge in [0.25, 0.3) is 0 Å². The van der Waals surface area contributed by atoms with Gasteiger partial charge in [-0.1, -0.05) is 13.8 Å². The zero-order valence-electron chi connectivity index (χ0n) is 11.1. The number of aromatic hydroxyl groups is 1. The largest absolute Gasteiger partial charge is 0.507 e. The molecule has 4 N–H and O–H groups in total. The third-order valence-electron chi connectivity index (χ3n) is 3.07. The Morgan fingerprint density at radius 3 is 1.79 bits per heavy atom. The summed E-state index contributed by atoms with van der Waals surface area (Å²) in [5, 5.41) is 31.2. The van der Waals surface area contributed by atoms with Crippen LogP contribution in [0, 0.1) is 0 Å². The van der Waals surface area contributed by atoms with E-state index in [0.29, 0.717) is 24.0 Å². The van der Waals surface area contributed by atoms with Crippen molar-refractivity contribution < 1.29 is 24.9 Å². The van der Waals surface area contributed by atoms with Crippen molar-refractivity contribution in [3.05, 3.63) is 22.3 Å². The number of nitrogens with one attached hydrogen (secondary N) is 1. The highest BCUT2D eigenvalue weighted by molar-refractivity contribution is 6.08. The van der Waals surface area contributed by atoms with Gasteiger partial charge < -0.3 is 20.6 Å². The molecule has 0 radical (unpaired) electrons. The van der Waals surface area contributed by atoms with Crippen LogP contribution >= 0.6 is 0 Å². The average Bonchev–Trinajstić information content (AvgIpc) is 2.35. The Bertz CT molecular complexity index is 537. The summed E-state index contributed by atoms with van der Waals surface area (Å²) in [6.07, 6.45) is 0.914. The minimum atomic E-state index is -1.45. The average molecular weight is 267 g/mol. The second-order valence-corrected chi connectivity index (χ2v) is 4.00. The topological polar surface area (TPSA) is 107 Å². The number of carbonyl (C=O) groups is 2. The first-order valence-corrected chi connectivity index (χ1v) is 5.95. The smallest absolute Gasteiger partial charge is 0.340 e. The minimum Gasteiger partial charge on any atom is -0.507 e. The molecule has 0 saturated heterocycles. The summed E-state index contributed by atoms with van der Waals surface area (Å²) in [7, 11) is 1.53. The van der Waals surface area contributed by atoms with Crippen LogP contribution < -0.4 is 5.32 Å². The molecule has 1 aromatic carbocycles. The fourth-order valence-electron chi connectivity index (χ4n) is 2.31. The minimum absolute atomic E-state index is 0.252. The number of hydrogen-bond donors (Lipinski definition) is 4. The van der Waals surface area contributed by atoms with Crippen LogP contribution in [0.2, 0.25) is 0 Å². The van der Waals surface area contributed by atoms with Crippen molar-refractivity contribution in [3.8, 4) is 5.75 Å². The summed E-state index contributed by atoms with van der Waals surface area (Å²) >= 11 is 0. The predicted molar refractivity (Wildman–Crippen MR) is 70.3 cm³/mol. The number of benzene rings is 1. The van der Waals surface area contributed by atoms with E-state index in [1.165, 1.54) is 7.05 Å². The maximum absolute atomic E-state index is 11.3. The van der Waals surface area contributed by atoms with Crippen molar-refractivity contribution in [1.29, 1.82) is 0 Å². The number of carboxylic acids is 2. The van der Waals surface area contributed by atoms with Crippen LogP contribution in [0.15, 0.2) is 0 Å². The van der Waals surface area contributed by atoms with Gasteiger partial charge in [0.05, 0.1) is 5.69 Å². The fourth-order valence-corrected chi connectivity index (χ4v) is 2.31. The third-order valence-corrected chi connectivity index (χ3v) is 3.07. The van der Waals surface area contributed by atoms with E-state index >= 15 is 0 Å². The number of carboxylic acid groups (broad SMARTS) is 2. The van der Waals surface area contributed by atoms with E-state index in [4.69, 9.17) is 5.11 Å². The van der Waals surface area contributed by atoms with Crippen LogP contribution in [0.5, 0.6) is 5.75 Å². The summed E-state index contributed by atoms with van der Waals surface area (Å²) in [5.74, 6) is -3.29. The Morgan fingerprint density at radius 1 is 1.00 bits per heavy atom. The Kier molecular flexibility index (Phi) is 4.37. The second kappa shape index (κ2) is 5.60. The van der Waals surface area contributed by atoms with Crippen LogP contribution in [0.1, 0.15) is 45.7 Å². The van der Waals surface area contributed by atoms with E-state index in [9.17, 15) is 19.8 Å². The zero-order chi connectivity index (χ0) is 14.7. The molecule has 0 spiro atoms. The Balaban J connectivity index is 3.93. The van der Waals surface area contributed by atoms with Crippen molar-refractivity contribution in [1.82, 2.24) is 0 Å². The lowest BCUT2D eigenvalue weighted by molar-refractivity contribution is 0.0649. The molecule has 104 valence electrons. The predicted octanol–water partition coefficient (Wildman–Crippen LogP) is 1.96. The molecular weight excluding hydrogens is 250 g/mol. The van der Waals surface area contributed by atoms with Crippen LogP contribution in [0.25, 0.3) is 0 Å². The van der Waals surface area contributed by atoms with Crippen molar-refractivity contribution in [3.63, 3.8) is 0 Å². The molecule has 0 unspecified atom stereocenters. The van der Waals surface area contributed by atoms with E-state index < -0.39 is 28.8 Å². The van der Waals surface area contributed by atoms with Gasteiger partial charge in [0, 0.05) is 7.05 Å². The maximum atomic E-state index is 11.3. The molecule has 0 aromatic heterocycles. The van der Waals surface area contributed by atoms with Gasteiger partial charge in [-0.25, -0.2) is 9.59 Å².